The Morgan fingerprint density at radius 1 is 1.37 bits per heavy atom. The van der Waals surface area contributed by atoms with Crippen LogP contribution >= 0.6 is 26.2 Å². The summed E-state index contributed by atoms with van der Waals surface area (Å²) in [5.74, 6) is 0.0975. The molecule has 0 saturated heterocycles. The van der Waals surface area contributed by atoms with Gasteiger partial charge in [-0.1, -0.05) is 15.9 Å². The van der Waals surface area contributed by atoms with Crippen LogP contribution in [0.15, 0.2) is 32.8 Å². The standard InChI is InChI=1S/C20H28BrFN4O3S/c1-18(2,3)29-17(27)26(25-12-23-25)16-19(4,5)30(7,28)11-20(6,24-16)14-10-13(21)8-9-15(14)22/h8-10,12,28H,11H2,1-7H3/t20-,25?/m0/s1. The second-order valence-corrected chi connectivity index (χ2v) is 13.7. The number of halogens is 2. The van der Waals surface area contributed by atoms with Crippen LogP contribution in [0.2, 0.25) is 0 Å². The lowest BCUT2D eigenvalue weighted by Crippen LogP contribution is -2.58. The molecule has 1 aromatic rings. The molecule has 2 heterocycles. The van der Waals surface area contributed by atoms with Gasteiger partial charge in [-0.2, -0.15) is 0 Å². The number of hydrazone groups is 1. The second-order valence-electron chi connectivity index (χ2n) is 9.37. The summed E-state index contributed by atoms with van der Waals surface area (Å²) in [7, 11) is -2.37. The van der Waals surface area contributed by atoms with Crippen LogP contribution in [0.25, 0.3) is 0 Å². The van der Waals surface area contributed by atoms with E-state index in [1.165, 1.54) is 22.5 Å². The first-order valence-corrected chi connectivity index (χ1v) is 12.4. The molecule has 166 valence electrons. The fourth-order valence-corrected chi connectivity index (χ4v) is 5.94. The molecule has 1 aromatic carbocycles. The number of rotatable bonds is 2. The van der Waals surface area contributed by atoms with E-state index in [0.29, 0.717) is 10.0 Å². The van der Waals surface area contributed by atoms with Crippen LogP contribution in [-0.4, -0.2) is 55.3 Å². The number of carbonyl (C=O) groups is 1. The Morgan fingerprint density at radius 2 is 1.97 bits per heavy atom. The van der Waals surface area contributed by atoms with Crippen LogP contribution in [0.5, 0.6) is 0 Å². The summed E-state index contributed by atoms with van der Waals surface area (Å²) < 4.78 is 31.7. The molecule has 0 radical (unpaired) electrons. The number of amidine groups is 1. The summed E-state index contributed by atoms with van der Waals surface area (Å²) in [4.78, 5) is 17.9. The van der Waals surface area contributed by atoms with Gasteiger partial charge < -0.3 is 9.29 Å². The molecule has 0 fully saturated rings. The fraction of sp³-hybridized carbons (Fsp3) is 0.550. The number of amides is 1. The van der Waals surface area contributed by atoms with Gasteiger partial charge in [-0.15, -0.1) is 25.5 Å². The normalized spacial score (nSPS) is 29.7. The Labute approximate surface area is 186 Å². The molecule has 2 aliphatic rings. The summed E-state index contributed by atoms with van der Waals surface area (Å²) in [6.07, 6.45) is 2.55. The van der Waals surface area contributed by atoms with Crippen LogP contribution < -0.4 is 0 Å². The zero-order valence-corrected chi connectivity index (χ0v) is 20.6. The number of nitrogens with zero attached hydrogens (tertiary/aromatic N) is 4. The van der Waals surface area contributed by atoms with Gasteiger partial charge in [0.25, 0.3) is 0 Å². The van der Waals surface area contributed by atoms with E-state index in [2.05, 4.69) is 21.0 Å². The Morgan fingerprint density at radius 3 is 2.50 bits per heavy atom. The van der Waals surface area contributed by atoms with Gasteiger partial charge in [-0.3, -0.25) is 4.99 Å². The maximum atomic E-state index is 14.8. The molecule has 2 atom stereocenters. The van der Waals surface area contributed by atoms with Crippen LogP contribution in [-0.2, 0) is 10.3 Å². The highest BCUT2D eigenvalue weighted by molar-refractivity contribution is 9.10. The minimum absolute atomic E-state index is 0.243. The molecule has 10 heteroatoms. The molecular weight excluding hydrogens is 475 g/mol. The average molecular weight is 503 g/mol. The maximum Gasteiger partial charge on any atom is 0.437 e. The molecule has 0 spiro atoms. The third kappa shape index (κ3) is 4.22. The topological polar surface area (TPSA) is 77.5 Å². The Bertz CT molecular complexity index is 938. The van der Waals surface area contributed by atoms with Crippen molar-refractivity contribution in [3.8, 4) is 0 Å². The first-order chi connectivity index (χ1) is 13.6. The van der Waals surface area contributed by atoms with Crippen molar-refractivity contribution in [2.45, 2.75) is 57.4 Å². The molecule has 1 amide bonds. The number of hydrazine groups is 1. The molecular formula is C20H28BrFN4O3S. The van der Waals surface area contributed by atoms with Crippen molar-refractivity contribution in [1.29, 1.82) is 0 Å². The lowest BCUT2D eigenvalue weighted by Gasteiger charge is -2.54. The number of ether oxygens (including phenoxy) is 1. The van der Waals surface area contributed by atoms with E-state index in [1.54, 1.807) is 46.1 Å². The molecule has 0 bridgehead atoms. The van der Waals surface area contributed by atoms with Crippen molar-refractivity contribution >= 4 is 44.5 Å². The van der Waals surface area contributed by atoms with E-state index in [9.17, 15) is 13.7 Å². The second kappa shape index (κ2) is 7.20. The summed E-state index contributed by atoms with van der Waals surface area (Å²) in [5, 5.41) is 6.54. The lowest BCUT2D eigenvalue weighted by atomic mass is 9.93. The fourth-order valence-electron chi connectivity index (χ4n) is 3.37. The summed E-state index contributed by atoms with van der Waals surface area (Å²) >= 11 is 3.39. The number of benzene rings is 1. The molecule has 7 nitrogen and oxygen atoms in total. The van der Waals surface area contributed by atoms with E-state index >= 15 is 0 Å². The van der Waals surface area contributed by atoms with E-state index < -0.39 is 38.1 Å². The maximum absolute atomic E-state index is 14.8. The number of aliphatic imine (C=N–C) groups is 1. The Balaban J connectivity index is 2.18. The largest absolute Gasteiger partial charge is 0.442 e. The monoisotopic (exact) mass is 502 g/mol. The minimum Gasteiger partial charge on any atom is -0.442 e. The molecule has 3 rings (SSSR count). The third-order valence-corrected chi connectivity index (χ3v) is 9.25. The van der Waals surface area contributed by atoms with Gasteiger partial charge in [0.05, 0.1) is 10.3 Å². The van der Waals surface area contributed by atoms with E-state index in [1.807, 2.05) is 13.8 Å². The number of hydrogen-bond donors (Lipinski definition) is 1. The van der Waals surface area contributed by atoms with Gasteiger partial charge in [-0.25, -0.2) is 9.18 Å². The summed E-state index contributed by atoms with van der Waals surface area (Å²) in [5.41, 5.74) is -1.48. The van der Waals surface area contributed by atoms with Gasteiger partial charge in [0.15, 0.2) is 6.34 Å². The van der Waals surface area contributed by atoms with Crippen molar-refractivity contribution in [1.82, 2.24) is 10.1 Å². The van der Waals surface area contributed by atoms with Crippen LogP contribution in [0.4, 0.5) is 9.18 Å². The van der Waals surface area contributed by atoms with Crippen molar-refractivity contribution in [3.05, 3.63) is 34.1 Å². The van der Waals surface area contributed by atoms with Crippen molar-refractivity contribution in [3.63, 3.8) is 0 Å². The predicted octanol–water partition coefficient (Wildman–Crippen LogP) is 5.31. The number of carbonyl (C=O) groups excluding carboxylic acids is 1. The summed E-state index contributed by atoms with van der Waals surface area (Å²) in [6, 6.07) is 4.64. The molecule has 2 aliphatic heterocycles. The lowest BCUT2D eigenvalue weighted by molar-refractivity contribution is 0.0153. The highest BCUT2D eigenvalue weighted by Crippen LogP contribution is 2.61. The van der Waals surface area contributed by atoms with E-state index in [-0.39, 0.29) is 11.6 Å². The van der Waals surface area contributed by atoms with Crippen molar-refractivity contribution in [2.24, 2.45) is 10.1 Å². The van der Waals surface area contributed by atoms with Crippen LogP contribution in [0.1, 0.15) is 47.1 Å². The average Bonchev–Trinajstić information content (AvgIpc) is 3.38. The smallest absolute Gasteiger partial charge is 0.437 e. The van der Waals surface area contributed by atoms with Crippen molar-refractivity contribution in [2.75, 3.05) is 12.0 Å². The van der Waals surface area contributed by atoms with Gasteiger partial charge in [0.1, 0.15) is 17.3 Å². The first-order valence-electron chi connectivity index (χ1n) is 9.48. The van der Waals surface area contributed by atoms with Crippen LogP contribution in [0.3, 0.4) is 0 Å². The SMILES string of the molecule is CC(C)(C)OC(=O)N(C1=N[C@](C)(c2cc(Br)ccc2F)CS(C)(O)C1(C)C)N1C=N1. The third-order valence-electron chi connectivity index (χ3n) is 5.25. The quantitative estimate of drug-likeness (QED) is 0.593. The minimum atomic E-state index is -2.37. The molecule has 1 N–H and O–H groups in total. The van der Waals surface area contributed by atoms with E-state index in [0.717, 1.165) is 0 Å². The molecule has 30 heavy (non-hydrogen) atoms. The predicted molar refractivity (Wildman–Crippen MR) is 122 cm³/mol. The Hall–Kier alpha value is -1.65. The summed E-state index contributed by atoms with van der Waals surface area (Å²) in [6.45, 7) is 10.7. The van der Waals surface area contributed by atoms with Crippen LogP contribution in [0, 0.1) is 5.82 Å². The van der Waals surface area contributed by atoms with Crippen molar-refractivity contribution < 1.29 is 18.5 Å². The molecule has 0 aromatic heterocycles. The van der Waals surface area contributed by atoms with Gasteiger partial charge in [-0.05, 0) is 66.0 Å². The Kier molecular flexibility index (Phi) is 5.53. The molecule has 0 aliphatic carbocycles. The van der Waals surface area contributed by atoms with Gasteiger partial charge in [0, 0.05) is 15.8 Å². The molecule has 1 unspecified atom stereocenters. The van der Waals surface area contributed by atoms with E-state index in [4.69, 9.17) is 9.73 Å². The first kappa shape index (κ1) is 23.0. The zero-order chi connectivity index (χ0) is 22.7. The molecule has 0 saturated carbocycles. The number of hydrogen-bond acceptors (Lipinski definition) is 6. The van der Waals surface area contributed by atoms with Gasteiger partial charge in [0.2, 0.25) is 0 Å². The van der Waals surface area contributed by atoms with Gasteiger partial charge >= 0.3 is 6.09 Å². The highest BCUT2D eigenvalue weighted by Gasteiger charge is 2.54. The zero-order valence-electron chi connectivity index (χ0n) is 18.2. The highest BCUT2D eigenvalue weighted by atomic mass is 79.9.